The predicted molar refractivity (Wildman–Crippen MR) is 78.0 cm³/mol. The van der Waals surface area contributed by atoms with Crippen LogP contribution in [-0.4, -0.2) is 6.61 Å². The molecule has 0 aliphatic carbocycles. The Bertz CT molecular complexity index is 660. The van der Waals surface area contributed by atoms with Crippen LogP contribution in [0.15, 0.2) is 36.4 Å². The van der Waals surface area contributed by atoms with Crippen LogP contribution in [0, 0.1) is 18.3 Å². The molecule has 0 saturated carbocycles. The van der Waals surface area contributed by atoms with Crippen molar-refractivity contribution in [3.8, 4) is 23.3 Å². The molecule has 0 atom stereocenters. The maximum absolute atomic E-state index is 8.93. The fourth-order valence-corrected chi connectivity index (χ4v) is 1.81. The maximum Gasteiger partial charge on any atom is 0.133 e. The number of nitrogen functional groups attached to an aromatic ring is 1. The molecule has 4 heteroatoms. The first-order valence-electron chi connectivity index (χ1n) is 6.34. The second-order valence-electron chi connectivity index (χ2n) is 4.36. The molecule has 0 bridgehead atoms. The van der Waals surface area contributed by atoms with Gasteiger partial charge in [-0.2, -0.15) is 5.26 Å². The normalized spacial score (nSPS) is 9.85. The van der Waals surface area contributed by atoms with Crippen LogP contribution in [0.3, 0.4) is 0 Å². The Hall–Kier alpha value is -2.67. The van der Waals surface area contributed by atoms with E-state index in [-0.39, 0.29) is 0 Å². The highest BCUT2D eigenvalue weighted by molar-refractivity contribution is 5.52. The van der Waals surface area contributed by atoms with E-state index in [2.05, 4.69) is 6.07 Å². The summed E-state index contributed by atoms with van der Waals surface area (Å²) in [6.45, 7) is 4.39. The average molecular weight is 268 g/mol. The number of benzene rings is 2. The summed E-state index contributed by atoms with van der Waals surface area (Å²) in [6, 6.07) is 12.7. The molecule has 2 rings (SSSR count). The minimum absolute atomic E-state index is 0.555. The van der Waals surface area contributed by atoms with Crippen molar-refractivity contribution < 1.29 is 9.47 Å². The Labute approximate surface area is 118 Å². The number of nitriles is 1. The Morgan fingerprint density at radius 3 is 2.60 bits per heavy atom. The monoisotopic (exact) mass is 268 g/mol. The van der Waals surface area contributed by atoms with Crippen molar-refractivity contribution in [1.82, 2.24) is 0 Å². The highest BCUT2D eigenvalue weighted by Gasteiger charge is 2.06. The summed E-state index contributed by atoms with van der Waals surface area (Å²) in [4.78, 5) is 0. The molecule has 0 spiro atoms. The van der Waals surface area contributed by atoms with Gasteiger partial charge in [0.05, 0.1) is 18.2 Å². The predicted octanol–water partition coefficient (Wildman–Crippen LogP) is 3.64. The van der Waals surface area contributed by atoms with Gasteiger partial charge in [-0.1, -0.05) is 6.07 Å². The van der Waals surface area contributed by atoms with Crippen molar-refractivity contribution in [1.29, 1.82) is 5.26 Å². The standard InChI is InChI=1S/C16H16N2O2/c1-3-19-14-7-13(18)8-15(9-14)20-16-6-12(10-17)5-4-11(16)2/h4-9H,3,18H2,1-2H3. The first kappa shape index (κ1) is 13.8. The van der Waals surface area contributed by atoms with Gasteiger partial charge in [0.1, 0.15) is 17.2 Å². The number of ether oxygens (including phenoxy) is 2. The fourth-order valence-electron chi connectivity index (χ4n) is 1.81. The van der Waals surface area contributed by atoms with Gasteiger partial charge in [-0.15, -0.1) is 0 Å². The van der Waals surface area contributed by atoms with E-state index in [1.165, 1.54) is 0 Å². The number of aryl methyl sites for hydroxylation is 1. The third kappa shape index (κ3) is 3.21. The largest absolute Gasteiger partial charge is 0.494 e. The third-order valence-corrected chi connectivity index (χ3v) is 2.76. The first-order valence-corrected chi connectivity index (χ1v) is 6.34. The zero-order valence-electron chi connectivity index (χ0n) is 11.5. The molecule has 102 valence electrons. The van der Waals surface area contributed by atoms with E-state index >= 15 is 0 Å². The molecular formula is C16H16N2O2. The highest BCUT2D eigenvalue weighted by Crippen LogP contribution is 2.30. The second kappa shape index (κ2) is 5.98. The van der Waals surface area contributed by atoms with Crippen molar-refractivity contribution >= 4 is 5.69 Å². The molecule has 4 nitrogen and oxygen atoms in total. The van der Waals surface area contributed by atoms with Crippen molar-refractivity contribution in [3.05, 3.63) is 47.5 Å². The fraction of sp³-hybridized carbons (Fsp3) is 0.188. The van der Waals surface area contributed by atoms with Gasteiger partial charge in [0.2, 0.25) is 0 Å². The summed E-state index contributed by atoms with van der Waals surface area (Å²) in [7, 11) is 0. The number of nitrogens with zero attached hydrogens (tertiary/aromatic N) is 1. The van der Waals surface area contributed by atoms with Crippen molar-refractivity contribution in [3.63, 3.8) is 0 Å². The number of nitrogens with two attached hydrogens (primary N) is 1. The molecule has 2 aromatic carbocycles. The molecule has 0 saturated heterocycles. The van der Waals surface area contributed by atoms with Crippen LogP contribution in [0.1, 0.15) is 18.1 Å². The molecule has 20 heavy (non-hydrogen) atoms. The van der Waals surface area contributed by atoms with E-state index in [1.807, 2.05) is 19.9 Å². The van der Waals surface area contributed by atoms with Crippen molar-refractivity contribution in [2.24, 2.45) is 0 Å². The minimum Gasteiger partial charge on any atom is -0.494 e. The van der Waals surface area contributed by atoms with Crippen LogP contribution in [0.2, 0.25) is 0 Å². The van der Waals surface area contributed by atoms with Crippen molar-refractivity contribution in [2.45, 2.75) is 13.8 Å². The molecular weight excluding hydrogens is 252 g/mol. The number of hydrogen-bond acceptors (Lipinski definition) is 4. The van der Waals surface area contributed by atoms with E-state index in [9.17, 15) is 0 Å². The third-order valence-electron chi connectivity index (χ3n) is 2.76. The van der Waals surface area contributed by atoms with Gasteiger partial charge in [0, 0.05) is 23.9 Å². The zero-order valence-corrected chi connectivity index (χ0v) is 11.5. The topological polar surface area (TPSA) is 68.3 Å². The Balaban J connectivity index is 2.32. The lowest BCUT2D eigenvalue weighted by atomic mass is 10.1. The molecule has 0 radical (unpaired) electrons. The van der Waals surface area contributed by atoms with Gasteiger partial charge in [-0.05, 0) is 31.5 Å². The van der Waals surface area contributed by atoms with Crippen LogP contribution in [0.4, 0.5) is 5.69 Å². The van der Waals surface area contributed by atoms with Crippen LogP contribution in [-0.2, 0) is 0 Å². The lowest BCUT2D eigenvalue weighted by Crippen LogP contribution is -1.95. The van der Waals surface area contributed by atoms with Gasteiger partial charge in [0.15, 0.2) is 0 Å². The summed E-state index contributed by atoms with van der Waals surface area (Å²) in [5.41, 5.74) is 7.90. The van der Waals surface area contributed by atoms with E-state index in [0.717, 1.165) is 5.56 Å². The second-order valence-corrected chi connectivity index (χ2v) is 4.36. The smallest absolute Gasteiger partial charge is 0.133 e. The molecule has 0 aliphatic rings. The SMILES string of the molecule is CCOc1cc(N)cc(Oc2cc(C#N)ccc2C)c1. The van der Waals surface area contributed by atoms with E-state index in [0.29, 0.717) is 35.1 Å². The lowest BCUT2D eigenvalue weighted by Gasteiger charge is -2.11. The number of hydrogen-bond donors (Lipinski definition) is 1. The lowest BCUT2D eigenvalue weighted by molar-refractivity contribution is 0.338. The maximum atomic E-state index is 8.93. The zero-order chi connectivity index (χ0) is 14.5. The summed E-state index contributed by atoms with van der Waals surface area (Å²) in [5.74, 6) is 1.89. The summed E-state index contributed by atoms with van der Waals surface area (Å²) >= 11 is 0. The Morgan fingerprint density at radius 2 is 1.90 bits per heavy atom. The summed E-state index contributed by atoms with van der Waals surface area (Å²) < 4.78 is 11.2. The Morgan fingerprint density at radius 1 is 1.15 bits per heavy atom. The molecule has 0 heterocycles. The van der Waals surface area contributed by atoms with Crippen LogP contribution < -0.4 is 15.2 Å². The molecule has 0 amide bonds. The van der Waals surface area contributed by atoms with E-state index < -0.39 is 0 Å². The summed E-state index contributed by atoms with van der Waals surface area (Å²) in [6.07, 6.45) is 0. The van der Waals surface area contributed by atoms with Gasteiger partial charge in [-0.3, -0.25) is 0 Å². The Kier molecular flexibility index (Phi) is 4.11. The van der Waals surface area contributed by atoms with Gasteiger partial charge in [0.25, 0.3) is 0 Å². The van der Waals surface area contributed by atoms with Crippen LogP contribution in [0.25, 0.3) is 0 Å². The molecule has 0 unspecified atom stereocenters. The van der Waals surface area contributed by atoms with E-state index in [4.69, 9.17) is 20.5 Å². The highest BCUT2D eigenvalue weighted by atomic mass is 16.5. The molecule has 0 fully saturated rings. The van der Waals surface area contributed by atoms with Crippen LogP contribution >= 0.6 is 0 Å². The number of rotatable bonds is 4. The molecule has 2 N–H and O–H groups in total. The van der Waals surface area contributed by atoms with E-state index in [1.54, 1.807) is 30.3 Å². The van der Waals surface area contributed by atoms with Gasteiger partial charge < -0.3 is 15.2 Å². The van der Waals surface area contributed by atoms with Crippen LogP contribution in [0.5, 0.6) is 17.2 Å². The number of anilines is 1. The first-order chi connectivity index (χ1) is 9.62. The van der Waals surface area contributed by atoms with Gasteiger partial charge >= 0.3 is 0 Å². The minimum atomic E-state index is 0.555. The van der Waals surface area contributed by atoms with Crippen molar-refractivity contribution in [2.75, 3.05) is 12.3 Å². The van der Waals surface area contributed by atoms with Gasteiger partial charge in [-0.25, -0.2) is 0 Å². The average Bonchev–Trinajstić information content (AvgIpc) is 2.41. The molecule has 0 aliphatic heterocycles. The molecule has 0 aromatic heterocycles. The summed E-state index contributed by atoms with van der Waals surface area (Å²) in [5, 5.41) is 8.93. The quantitative estimate of drug-likeness (QED) is 0.859. The molecule has 2 aromatic rings.